The SMILES string of the molecule is CC(=O)N1CCN(c2ccc(NC(=O)c3nnc(NC(=O)Cc4cccs4)o3)cc2)CC1. The number of benzene rings is 1. The Morgan fingerprint density at radius 3 is 2.44 bits per heavy atom. The van der Waals surface area contributed by atoms with Crippen LogP contribution >= 0.6 is 11.3 Å². The lowest BCUT2D eigenvalue weighted by molar-refractivity contribution is -0.129. The summed E-state index contributed by atoms with van der Waals surface area (Å²) in [5.41, 5.74) is 1.59. The molecule has 0 aliphatic carbocycles. The molecule has 0 atom stereocenters. The summed E-state index contributed by atoms with van der Waals surface area (Å²) in [5.74, 6) is -1.03. The Kier molecular flexibility index (Phi) is 6.45. The van der Waals surface area contributed by atoms with Gasteiger partial charge in [0, 0.05) is 49.4 Å². The van der Waals surface area contributed by atoms with Crippen LogP contribution in [0.3, 0.4) is 0 Å². The zero-order valence-corrected chi connectivity index (χ0v) is 18.2. The van der Waals surface area contributed by atoms with Crippen molar-refractivity contribution in [3.63, 3.8) is 0 Å². The minimum Gasteiger partial charge on any atom is -0.399 e. The summed E-state index contributed by atoms with van der Waals surface area (Å²) >= 11 is 1.47. The zero-order chi connectivity index (χ0) is 22.5. The molecule has 1 aliphatic rings. The molecule has 2 aromatic heterocycles. The molecule has 3 amide bonds. The molecule has 11 heteroatoms. The number of hydrogen-bond donors (Lipinski definition) is 2. The van der Waals surface area contributed by atoms with E-state index in [2.05, 4.69) is 25.7 Å². The number of amides is 3. The highest BCUT2D eigenvalue weighted by molar-refractivity contribution is 7.10. The molecule has 4 rings (SSSR count). The van der Waals surface area contributed by atoms with E-state index in [-0.39, 0.29) is 30.1 Å². The van der Waals surface area contributed by atoms with E-state index in [4.69, 9.17) is 4.42 Å². The molecule has 1 fully saturated rings. The van der Waals surface area contributed by atoms with Crippen LogP contribution in [-0.4, -0.2) is 59.0 Å². The Hall–Kier alpha value is -3.73. The van der Waals surface area contributed by atoms with Gasteiger partial charge < -0.3 is 19.5 Å². The maximum absolute atomic E-state index is 12.4. The fraction of sp³-hybridized carbons (Fsp3) is 0.286. The molecule has 0 unspecified atom stereocenters. The van der Waals surface area contributed by atoms with Crippen LogP contribution in [0.15, 0.2) is 46.2 Å². The molecule has 10 nitrogen and oxygen atoms in total. The number of nitrogens with one attached hydrogen (secondary N) is 2. The number of hydrogen-bond acceptors (Lipinski definition) is 8. The standard InChI is InChI=1S/C21H22N6O4S/c1-14(28)26-8-10-27(11-9-26)16-6-4-15(5-7-16)22-19(30)20-24-25-21(31-20)23-18(29)13-17-3-2-12-32-17/h2-7,12H,8-11,13H2,1H3,(H,22,30)(H,23,25,29). The Bertz CT molecular complexity index is 1090. The number of piperazine rings is 1. The van der Waals surface area contributed by atoms with Gasteiger partial charge in [0.05, 0.1) is 6.42 Å². The van der Waals surface area contributed by atoms with E-state index in [0.29, 0.717) is 18.8 Å². The van der Waals surface area contributed by atoms with Crippen molar-refractivity contribution in [1.82, 2.24) is 15.1 Å². The zero-order valence-electron chi connectivity index (χ0n) is 17.4. The number of carbonyl (C=O) groups is 3. The topological polar surface area (TPSA) is 121 Å². The summed E-state index contributed by atoms with van der Waals surface area (Å²) < 4.78 is 5.25. The van der Waals surface area contributed by atoms with Gasteiger partial charge in [0.1, 0.15) is 0 Å². The summed E-state index contributed by atoms with van der Waals surface area (Å²) in [5, 5.41) is 14.5. The fourth-order valence-electron chi connectivity index (χ4n) is 3.32. The molecular formula is C21H22N6O4S. The van der Waals surface area contributed by atoms with Crippen molar-refractivity contribution in [2.45, 2.75) is 13.3 Å². The van der Waals surface area contributed by atoms with Crippen molar-refractivity contribution in [2.75, 3.05) is 41.7 Å². The van der Waals surface area contributed by atoms with E-state index >= 15 is 0 Å². The van der Waals surface area contributed by atoms with Gasteiger partial charge in [-0.25, -0.2) is 0 Å². The molecule has 0 saturated carbocycles. The van der Waals surface area contributed by atoms with Crippen molar-refractivity contribution in [3.05, 3.63) is 52.5 Å². The van der Waals surface area contributed by atoms with Gasteiger partial charge >= 0.3 is 17.8 Å². The Balaban J connectivity index is 1.29. The Labute approximate surface area is 188 Å². The number of rotatable bonds is 6. The lowest BCUT2D eigenvalue weighted by Crippen LogP contribution is -2.48. The van der Waals surface area contributed by atoms with Gasteiger partial charge in [-0.3, -0.25) is 19.7 Å². The lowest BCUT2D eigenvalue weighted by Gasteiger charge is -2.35. The quantitative estimate of drug-likeness (QED) is 0.586. The van der Waals surface area contributed by atoms with Crippen molar-refractivity contribution >= 4 is 46.4 Å². The molecule has 166 valence electrons. The molecule has 1 saturated heterocycles. The van der Waals surface area contributed by atoms with Gasteiger partial charge in [-0.05, 0) is 35.7 Å². The first kappa shape index (κ1) is 21.5. The predicted octanol–water partition coefficient (Wildman–Crippen LogP) is 2.23. The van der Waals surface area contributed by atoms with Crippen LogP contribution in [0.25, 0.3) is 0 Å². The third kappa shape index (κ3) is 5.30. The summed E-state index contributed by atoms with van der Waals surface area (Å²) in [6.45, 7) is 4.48. The lowest BCUT2D eigenvalue weighted by atomic mass is 10.2. The molecule has 3 aromatic rings. The van der Waals surface area contributed by atoms with Crippen molar-refractivity contribution in [3.8, 4) is 0 Å². The van der Waals surface area contributed by atoms with Gasteiger partial charge in [0.15, 0.2) is 0 Å². The van der Waals surface area contributed by atoms with Gasteiger partial charge in [0.25, 0.3) is 0 Å². The Morgan fingerprint density at radius 2 is 1.78 bits per heavy atom. The summed E-state index contributed by atoms with van der Waals surface area (Å²) in [6.07, 6.45) is 0.192. The highest BCUT2D eigenvalue weighted by Crippen LogP contribution is 2.20. The number of carbonyl (C=O) groups excluding carboxylic acids is 3. The molecule has 0 bridgehead atoms. The average Bonchev–Trinajstić information content (AvgIpc) is 3.46. The first-order valence-electron chi connectivity index (χ1n) is 10.1. The first-order valence-corrected chi connectivity index (χ1v) is 10.9. The second kappa shape index (κ2) is 9.60. The number of aromatic nitrogens is 2. The number of anilines is 3. The largest absolute Gasteiger partial charge is 0.399 e. The van der Waals surface area contributed by atoms with E-state index in [1.54, 1.807) is 19.1 Å². The minimum atomic E-state index is -0.570. The third-order valence-electron chi connectivity index (χ3n) is 5.00. The smallest absolute Gasteiger partial charge is 0.322 e. The van der Waals surface area contributed by atoms with E-state index in [9.17, 15) is 14.4 Å². The molecule has 1 aliphatic heterocycles. The molecule has 2 N–H and O–H groups in total. The highest BCUT2D eigenvalue weighted by Gasteiger charge is 2.20. The number of thiophene rings is 1. The third-order valence-corrected chi connectivity index (χ3v) is 5.87. The molecule has 0 spiro atoms. The van der Waals surface area contributed by atoms with Crippen molar-refractivity contribution in [2.24, 2.45) is 0 Å². The van der Waals surface area contributed by atoms with Crippen molar-refractivity contribution in [1.29, 1.82) is 0 Å². The van der Waals surface area contributed by atoms with Crippen LogP contribution in [0, 0.1) is 0 Å². The van der Waals surface area contributed by atoms with Gasteiger partial charge in [0.2, 0.25) is 11.8 Å². The van der Waals surface area contributed by atoms with Crippen LogP contribution in [0.1, 0.15) is 22.5 Å². The van der Waals surface area contributed by atoms with Crippen LogP contribution in [0.5, 0.6) is 0 Å². The van der Waals surface area contributed by atoms with Gasteiger partial charge in [-0.2, -0.15) is 0 Å². The summed E-state index contributed by atoms with van der Waals surface area (Å²) in [4.78, 5) is 40.8. The van der Waals surface area contributed by atoms with Gasteiger partial charge in [-0.15, -0.1) is 16.4 Å². The molecule has 0 radical (unpaired) electrons. The van der Waals surface area contributed by atoms with Crippen LogP contribution < -0.4 is 15.5 Å². The molecule has 3 heterocycles. The highest BCUT2D eigenvalue weighted by atomic mass is 32.1. The number of nitrogens with zero attached hydrogens (tertiary/aromatic N) is 4. The second-order valence-corrected chi connectivity index (χ2v) is 8.24. The van der Waals surface area contributed by atoms with E-state index < -0.39 is 5.91 Å². The van der Waals surface area contributed by atoms with Crippen LogP contribution in [-0.2, 0) is 16.0 Å². The summed E-state index contributed by atoms with van der Waals surface area (Å²) in [7, 11) is 0. The van der Waals surface area contributed by atoms with E-state index in [1.807, 2.05) is 34.5 Å². The monoisotopic (exact) mass is 454 g/mol. The summed E-state index contributed by atoms with van der Waals surface area (Å²) in [6, 6.07) is 11.0. The van der Waals surface area contributed by atoms with Gasteiger partial charge in [-0.1, -0.05) is 11.2 Å². The average molecular weight is 455 g/mol. The maximum atomic E-state index is 12.4. The van der Waals surface area contributed by atoms with Crippen LogP contribution in [0.2, 0.25) is 0 Å². The maximum Gasteiger partial charge on any atom is 0.322 e. The van der Waals surface area contributed by atoms with E-state index in [0.717, 1.165) is 23.7 Å². The minimum absolute atomic E-state index is 0.0916. The predicted molar refractivity (Wildman–Crippen MR) is 120 cm³/mol. The normalized spacial score (nSPS) is 13.7. The fourth-order valence-corrected chi connectivity index (χ4v) is 4.02. The van der Waals surface area contributed by atoms with E-state index in [1.165, 1.54) is 11.3 Å². The van der Waals surface area contributed by atoms with Crippen molar-refractivity contribution < 1.29 is 18.8 Å². The van der Waals surface area contributed by atoms with Crippen LogP contribution in [0.4, 0.5) is 17.4 Å². The molecule has 32 heavy (non-hydrogen) atoms. The molecule has 1 aromatic carbocycles. The second-order valence-electron chi connectivity index (χ2n) is 7.21. The first-order chi connectivity index (χ1) is 15.5. The molecular weight excluding hydrogens is 432 g/mol. The Morgan fingerprint density at radius 1 is 1.03 bits per heavy atom.